The van der Waals surface area contributed by atoms with Crippen LogP contribution in [0.4, 0.5) is 15.8 Å². The third kappa shape index (κ3) is 2.96. The maximum absolute atomic E-state index is 13.0. The van der Waals surface area contributed by atoms with Crippen molar-refractivity contribution in [3.63, 3.8) is 0 Å². The van der Waals surface area contributed by atoms with Crippen LogP contribution in [0.1, 0.15) is 5.56 Å². The second-order valence-corrected chi connectivity index (χ2v) is 4.02. The van der Waals surface area contributed by atoms with Gasteiger partial charge in [-0.1, -0.05) is 0 Å². The predicted octanol–water partition coefficient (Wildman–Crippen LogP) is 3.31. The Bertz CT molecular complexity index is 816. The molecule has 0 heterocycles. The molecule has 0 saturated heterocycles. The van der Waals surface area contributed by atoms with Crippen LogP contribution in [-0.4, -0.2) is 9.85 Å². The maximum Gasteiger partial charge on any atom is 0.314 e. The first-order valence-corrected chi connectivity index (χ1v) is 5.72. The van der Waals surface area contributed by atoms with E-state index < -0.39 is 27.0 Å². The first-order valence-electron chi connectivity index (χ1n) is 5.72. The van der Waals surface area contributed by atoms with Crippen molar-refractivity contribution >= 4 is 11.4 Å². The van der Waals surface area contributed by atoms with Gasteiger partial charge in [0.2, 0.25) is 11.5 Å². The highest BCUT2D eigenvalue weighted by Gasteiger charge is 2.22. The average Bonchev–Trinajstić information content (AvgIpc) is 2.49. The van der Waals surface area contributed by atoms with Crippen LogP contribution in [0.3, 0.4) is 0 Å². The lowest BCUT2D eigenvalue weighted by Crippen LogP contribution is -1.97. The van der Waals surface area contributed by atoms with Crippen molar-refractivity contribution in [1.82, 2.24) is 0 Å². The van der Waals surface area contributed by atoms with Gasteiger partial charge in [0.1, 0.15) is 5.82 Å². The van der Waals surface area contributed by atoms with E-state index in [1.165, 1.54) is 6.07 Å². The molecule has 22 heavy (non-hydrogen) atoms. The standard InChI is InChI=1S/C13H6FN3O5/c14-9-2-4-13(11(6-9)17(20)21)22-12-3-1-8(7-15)5-10(12)16(18)19/h1-6H. The summed E-state index contributed by atoms with van der Waals surface area (Å²) in [5.41, 5.74) is -1.16. The van der Waals surface area contributed by atoms with Crippen molar-refractivity contribution < 1.29 is 19.0 Å². The van der Waals surface area contributed by atoms with Gasteiger partial charge in [0.25, 0.3) is 0 Å². The fourth-order valence-corrected chi connectivity index (χ4v) is 1.65. The van der Waals surface area contributed by atoms with Crippen LogP contribution in [0.15, 0.2) is 36.4 Å². The lowest BCUT2D eigenvalue weighted by atomic mass is 10.2. The van der Waals surface area contributed by atoms with E-state index in [4.69, 9.17) is 10.00 Å². The van der Waals surface area contributed by atoms with Gasteiger partial charge >= 0.3 is 11.4 Å². The van der Waals surface area contributed by atoms with Gasteiger partial charge in [-0.15, -0.1) is 0 Å². The molecule has 0 atom stereocenters. The SMILES string of the molecule is N#Cc1ccc(Oc2ccc(F)cc2[N+](=O)[O-])c([N+](=O)[O-])c1. The Morgan fingerprint density at radius 3 is 2.09 bits per heavy atom. The van der Waals surface area contributed by atoms with Crippen LogP contribution in [0.25, 0.3) is 0 Å². The van der Waals surface area contributed by atoms with Gasteiger partial charge in [-0.3, -0.25) is 20.2 Å². The minimum absolute atomic E-state index is 0.0349. The molecule has 0 unspecified atom stereocenters. The van der Waals surface area contributed by atoms with Crippen molar-refractivity contribution in [2.24, 2.45) is 0 Å². The predicted molar refractivity (Wildman–Crippen MR) is 70.9 cm³/mol. The summed E-state index contributed by atoms with van der Waals surface area (Å²) < 4.78 is 18.2. The molecule has 0 aliphatic rings. The third-order valence-corrected chi connectivity index (χ3v) is 2.62. The van der Waals surface area contributed by atoms with Crippen molar-refractivity contribution in [1.29, 1.82) is 5.26 Å². The number of benzene rings is 2. The molecule has 0 aromatic heterocycles. The van der Waals surface area contributed by atoms with Gasteiger partial charge < -0.3 is 4.74 Å². The molecule has 8 nitrogen and oxygen atoms in total. The van der Waals surface area contributed by atoms with E-state index in [1.807, 2.05) is 0 Å². The molecule has 0 bridgehead atoms. The van der Waals surface area contributed by atoms with Crippen LogP contribution < -0.4 is 4.74 Å². The fraction of sp³-hybridized carbons (Fsp3) is 0. The molecular weight excluding hydrogens is 297 g/mol. The van der Waals surface area contributed by atoms with E-state index in [1.54, 1.807) is 6.07 Å². The van der Waals surface area contributed by atoms with Crippen LogP contribution >= 0.6 is 0 Å². The highest BCUT2D eigenvalue weighted by Crippen LogP contribution is 2.36. The first-order chi connectivity index (χ1) is 10.4. The molecule has 0 aliphatic carbocycles. The molecule has 2 aromatic carbocycles. The number of rotatable bonds is 4. The first kappa shape index (κ1) is 14.9. The third-order valence-electron chi connectivity index (χ3n) is 2.62. The minimum atomic E-state index is -0.867. The summed E-state index contributed by atoms with van der Waals surface area (Å²) in [6.07, 6.45) is 0. The molecule has 0 aliphatic heterocycles. The number of nitrogens with zero attached hydrogens (tertiary/aromatic N) is 3. The Kier molecular flexibility index (Phi) is 3.94. The molecule has 0 fully saturated rings. The molecule has 9 heteroatoms. The lowest BCUT2D eigenvalue weighted by molar-refractivity contribution is -0.387. The summed E-state index contributed by atoms with van der Waals surface area (Å²) in [5, 5.41) is 30.6. The summed E-state index contributed by atoms with van der Waals surface area (Å²) in [4.78, 5) is 20.2. The highest BCUT2D eigenvalue weighted by atomic mass is 19.1. The normalized spacial score (nSPS) is 9.82. The van der Waals surface area contributed by atoms with E-state index >= 15 is 0 Å². The van der Waals surface area contributed by atoms with Crippen LogP contribution in [0, 0.1) is 37.4 Å². The van der Waals surface area contributed by atoms with Gasteiger partial charge in [-0.2, -0.15) is 5.26 Å². The zero-order valence-electron chi connectivity index (χ0n) is 10.7. The summed E-state index contributed by atoms with van der Waals surface area (Å²) in [6, 6.07) is 7.68. The molecule has 110 valence electrons. The van der Waals surface area contributed by atoms with E-state index in [-0.39, 0.29) is 17.1 Å². The average molecular weight is 303 g/mol. The van der Waals surface area contributed by atoms with Gasteiger partial charge in [-0.05, 0) is 24.3 Å². The second kappa shape index (κ2) is 5.84. The minimum Gasteiger partial charge on any atom is -0.443 e. The molecule has 0 amide bonds. The summed E-state index contributed by atoms with van der Waals surface area (Å²) >= 11 is 0. The smallest absolute Gasteiger partial charge is 0.314 e. The number of nitriles is 1. The van der Waals surface area contributed by atoms with Crippen molar-refractivity contribution in [3.8, 4) is 17.6 Å². The number of halogens is 1. The molecule has 0 N–H and O–H groups in total. The molecule has 2 rings (SSSR count). The largest absolute Gasteiger partial charge is 0.443 e. The zero-order chi connectivity index (χ0) is 16.3. The Hall–Kier alpha value is -3.54. The van der Waals surface area contributed by atoms with E-state index in [9.17, 15) is 24.6 Å². The van der Waals surface area contributed by atoms with E-state index in [2.05, 4.69) is 0 Å². The zero-order valence-corrected chi connectivity index (χ0v) is 10.7. The quantitative estimate of drug-likeness (QED) is 0.631. The van der Waals surface area contributed by atoms with Crippen LogP contribution in [-0.2, 0) is 0 Å². The van der Waals surface area contributed by atoms with E-state index in [0.29, 0.717) is 6.07 Å². The second-order valence-electron chi connectivity index (χ2n) is 4.02. The van der Waals surface area contributed by atoms with Gasteiger partial charge in [-0.25, -0.2) is 4.39 Å². The Morgan fingerprint density at radius 2 is 1.55 bits per heavy atom. The summed E-state index contributed by atoms with van der Waals surface area (Å²) in [7, 11) is 0. The molecular formula is C13H6FN3O5. The van der Waals surface area contributed by atoms with Gasteiger partial charge in [0.05, 0.1) is 27.5 Å². The number of hydrogen-bond acceptors (Lipinski definition) is 6. The topological polar surface area (TPSA) is 119 Å². The van der Waals surface area contributed by atoms with Crippen molar-refractivity contribution in [2.75, 3.05) is 0 Å². The maximum atomic E-state index is 13.0. The van der Waals surface area contributed by atoms with Crippen LogP contribution in [0.5, 0.6) is 11.5 Å². The Labute approximate surface area is 122 Å². The number of nitro groups is 2. The highest BCUT2D eigenvalue weighted by molar-refractivity contribution is 5.56. The number of ether oxygens (including phenoxy) is 1. The Morgan fingerprint density at radius 1 is 1.00 bits per heavy atom. The molecule has 2 aromatic rings. The molecule has 0 radical (unpaired) electrons. The van der Waals surface area contributed by atoms with Gasteiger partial charge in [0.15, 0.2) is 0 Å². The molecule has 0 saturated carbocycles. The van der Waals surface area contributed by atoms with Crippen LogP contribution in [0.2, 0.25) is 0 Å². The monoisotopic (exact) mass is 303 g/mol. The Balaban J connectivity index is 2.50. The summed E-state index contributed by atoms with van der Waals surface area (Å²) in [5.74, 6) is -1.48. The lowest BCUT2D eigenvalue weighted by Gasteiger charge is -2.07. The molecule has 0 spiro atoms. The van der Waals surface area contributed by atoms with Gasteiger partial charge in [0, 0.05) is 6.07 Å². The summed E-state index contributed by atoms with van der Waals surface area (Å²) in [6.45, 7) is 0. The van der Waals surface area contributed by atoms with Crippen molar-refractivity contribution in [2.45, 2.75) is 0 Å². The number of hydrogen-bond donors (Lipinski definition) is 0. The van der Waals surface area contributed by atoms with E-state index in [0.717, 1.165) is 24.3 Å². The van der Waals surface area contributed by atoms with Crippen molar-refractivity contribution in [3.05, 3.63) is 68.0 Å². The fourth-order valence-electron chi connectivity index (χ4n) is 1.65. The number of nitro benzene ring substituents is 2.